The Hall–Kier alpha value is -2.27. The summed E-state index contributed by atoms with van der Waals surface area (Å²) in [6, 6.07) is 11.6. The highest BCUT2D eigenvalue weighted by Crippen LogP contribution is 2.34. The van der Waals surface area contributed by atoms with Crippen molar-refractivity contribution in [1.29, 1.82) is 0 Å². The number of pyridine rings is 1. The Morgan fingerprint density at radius 3 is 2.08 bits per heavy atom. The second-order valence-electron chi connectivity index (χ2n) is 10.1. The van der Waals surface area contributed by atoms with E-state index in [9.17, 15) is 4.79 Å². The number of nitrogens with one attached hydrogen (secondary N) is 1. The molecule has 6 heteroatoms. The van der Waals surface area contributed by atoms with Gasteiger partial charge in [-0.2, -0.15) is 0 Å². The van der Waals surface area contributed by atoms with Crippen molar-refractivity contribution in [3.05, 3.63) is 53.3 Å². The number of rotatable bonds is 22. The molecule has 1 heterocycles. The van der Waals surface area contributed by atoms with Crippen LogP contribution in [-0.2, 0) is 17.8 Å². The maximum absolute atomic E-state index is 12.3. The van der Waals surface area contributed by atoms with E-state index in [4.69, 9.17) is 21.1 Å². The molecule has 0 saturated carbocycles. The number of hydrogen-bond donors (Lipinski definition) is 1. The second-order valence-corrected chi connectivity index (χ2v) is 10.5. The number of ether oxygens (including phenoxy) is 2. The van der Waals surface area contributed by atoms with Crippen molar-refractivity contribution in [2.45, 2.75) is 110 Å². The number of aryl methyl sites for hydroxylation is 1. The molecule has 5 nitrogen and oxygen atoms in total. The molecule has 0 saturated heterocycles. The van der Waals surface area contributed by atoms with Gasteiger partial charge in [0.2, 0.25) is 0 Å². The molecule has 38 heavy (non-hydrogen) atoms. The molecule has 2 rings (SSSR count). The molecule has 0 aliphatic heterocycles. The molecule has 1 aromatic carbocycles. The highest BCUT2D eigenvalue weighted by atomic mass is 35.5. The molecule has 212 valence electrons. The Morgan fingerprint density at radius 1 is 0.789 bits per heavy atom. The van der Waals surface area contributed by atoms with Crippen LogP contribution in [0.25, 0.3) is 0 Å². The van der Waals surface area contributed by atoms with E-state index in [0.717, 1.165) is 25.8 Å². The maximum Gasteiger partial charge on any atom is 0.257 e. The van der Waals surface area contributed by atoms with Gasteiger partial charge < -0.3 is 14.8 Å². The van der Waals surface area contributed by atoms with Crippen molar-refractivity contribution < 1.29 is 18.8 Å². The van der Waals surface area contributed by atoms with Gasteiger partial charge >= 0.3 is 0 Å². The highest BCUT2D eigenvalue weighted by molar-refractivity contribution is 6.33. The summed E-state index contributed by atoms with van der Waals surface area (Å²) < 4.78 is 13.8. The number of amides is 1. The van der Waals surface area contributed by atoms with Gasteiger partial charge in [-0.25, -0.2) is 4.57 Å². The van der Waals surface area contributed by atoms with Crippen molar-refractivity contribution in [3.63, 3.8) is 0 Å². The molecule has 1 amide bonds. The molecule has 2 aromatic rings. The number of carbonyl (C=O) groups excluding carboxylic acids is 1. The zero-order chi connectivity index (χ0) is 27.3. The normalized spacial score (nSPS) is 10.9. The Balaban J connectivity index is 1.57. The third-order valence-electron chi connectivity index (χ3n) is 6.74. The lowest BCUT2D eigenvalue weighted by atomic mass is 10.1. The van der Waals surface area contributed by atoms with Crippen molar-refractivity contribution in [2.75, 3.05) is 19.8 Å². The van der Waals surface area contributed by atoms with Crippen LogP contribution < -0.4 is 19.4 Å². The van der Waals surface area contributed by atoms with E-state index >= 15 is 0 Å². The average molecular weight is 546 g/mol. The van der Waals surface area contributed by atoms with Gasteiger partial charge in [-0.3, -0.25) is 4.79 Å². The van der Waals surface area contributed by atoms with Crippen LogP contribution in [0.15, 0.2) is 42.6 Å². The molecule has 0 aliphatic carbocycles. The van der Waals surface area contributed by atoms with Crippen LogP contribution in [-0.4, -0.2) is 25.7 Å². The molecule has 0 bridgehead atoms. The molecule has 0 unspecified atom stereocenters. The predicted octanol–water partition coefficient (Wildman–Crippen LogP) is 7.86. The minimum atomic E-state index is -0.165. The van der Waals surface area contributed by atoms with Crippen LogP contribution in [0.4, 0.5) is 0 Å². The fourth-order valence-electron chi connectivity index (χ4n) is 4.56. The van der Waals surface area contributed by atoms with E-state index in [-0.39, 0.29) is 12.5 Å². The number of halogens is 1. The number of carbonyl (C=O) groups is 1. The molecule has 0 spiro atoms. The zero-order valence-electron chi connectivity index (χ0n) is 23.8. The van der Waals surface area contributed by atoms with E-state index in [2.05, 4.69) is 36.0 Å². The monoisotopic (exact) mass is 545 g/mol. The van der Waals surface area contributed by atoms with Crippen LogP contribution in [0.1, 0.15) is 103 Å². The van der Waals surface area contributed by atoms with Gasteiger partial charge in [-0.15, -0.1) is 0 Å². The van der Waals surface area contributed by atoms with Crippen molar-refractivity contribution in [2.24, 2.45) is 0 Å². The topological polar surface area (TPSA) is 51.4 Å². The van der Waals surface area contributed by atoms with Gasteiger partial charge in [0.05, 0.1) is 6.61 Å². The van der Waals surface area contributed by atoms with E-state index in [0.29, 0.717) is 29.7 Å². The molecule has 0 fully saturated rings. The number of nitrogens with zero attached hydrogens (tertiary/aromatic N) is 1. The predicted molar refractivity (Wildman–Crippen MR) is 157 cm³/mol. The fraction of sp³-hybridized carbons (Fsp3) is 0.625. The quantitative estimate of drug-likeness (QED) is 0.121. The Bertz CT molecular complexity index is 906. The SMILES string of the molecule is CCCCCCCCCCCCCCOc1cccc(OCC(=O)NCCc2cccc[n+]2CCC)c1Cl. The third-order valence-corrected chi connectivity index (χ3v) is 7.12. The molecule has 1 aromatic heterocycles. The van der Waals surface area contributed by atoms with E-state index < -0.39 is 0 Å². The average Bonchev–Trinajstić information content (AvgIpc) is 2.92. The fourth-order valence-corrected chi connectivity index (χ4v) is 4.80. The summed E-state index contributed by atoms with van der Waals surface area (Å²) in [4.78, 5) is 12.3. The Labute approximate surface area is 236 Å². The van der Waals surface area contributed by atoms with Gasteiger partial charge in [0.25, 0.3) is 5.91 Å². The van der Waals surface area contributed by atoms with Crippen molar-refractivity contribution >= 4 is 17.5 Å². The summed E-state index contributed by atoms with van der Waals surface area (Å²) in [5.41, 5.74) is 1.21. The summed E-state index contributed by atoms with van der Waals surface area (Å²) in [5.74, 6) is 0.914. The molecule has 0 aliphatic rings. The molecule has 0 radical (unpaired) electrons. The first-order chi connectivity index (χ1) is 18.7. The minimum absolute atomic E-state index is 0.0777. The van der Waals surface area contributed by atoms with Crippen molar-refractivity contribution in [3.8, 4) is 11.5 Å². The first-order valence-electron chi connectivity index (χ1n) is 14.9. The first kappa shape index (κ1) is 31.9. The zero-order valence-corrected chi connectivity index (χ0v) is 24.6. The summed E-state index contributed by atoms with van der Waals surface area (Å²) in [6.45, 7) is 6.53. The summed E-state index contributed by atoms with van der Waals surface area (Å²) in [6.07, 6.45) is 19.7. The van der Waals surface area contributed by atoms with Gasteiger partial charge in [-0.05, 0) is 18.6 Å². The first-order valence-corrected chi connectivity index (χ1v) is 15.3. The van der Waals surface area contributed by atoms with E-state index in [1.54, 1.807) is 6.07 Å². The third kappa shape index (κ3) is 13.5. The summed E-state index contributed by atoms with van der Waals surface area (Å²) >= 11 is 6.49. The van der Waals surface area contributed by atoms with Crippen molar-refractivity contribution in [1.82, 2.24) is 5.32 Å². The van der Waals surface area contributed by atoms with E-state index in [1.807, 2.05) is 24.3 Å². The van der Waals surface area contributed by atoms with Crippen LogP contribution >= 0.6 is 11.6 Å². The minimum Gasteiger partial charge on any atom is -0.492 e. The van der Waals surface area contributed by atoms with Crippen LogP contribution in [0.2, 0.25) is 5.02 Å². The number of hydrogen-bond acceptors (Lipinski definition) is 3. The summed E-state index contributed by atoms with van der Waals surface area (Å²) in [7, 11) is 0. The highest BCUT2D eigenvalue weighted by Gasteiger charge is 2.12. The number of aromatic nitrogens is 1. The molecular formula is C32H50ClN2O3+. The Morgan fingerprint density at radius 2 is 1.42 bits per heavy atom. The van der Waals surface area contributed by atoms with Crippen LogP contribution in [0, 0.1) is 0 Å². The standard InChI is InChI=1S/C32H49ClN2O3/c1-3-5-6-7-8-9-10-11-12-13-14-17-26-37-29-20-18-21-30(32(29)33)38-27-31(36)34-23-22-28-19-15-16-25-35(28)24-4-2/h15-16,18-21,25H,3-14,17,22-24,26-27H2,1-2H3/p+1. The summed E-state index contributed by atoms with van der Waals surface area (Å²) in [5, 5.41) is 3.35. The van der Waals surface area contributed by atoms with Gasteiger partial charge in [0, 0.05) is 31.5 Å². The van der Waals surface area contributed by atoms with Gasteiger partial charge in [0.15, 0.2) is 18.5 Å². The second kappa shape index (κ2) is 20.7. The lowest BCUT2D eigenvalue weighted by Gasteiger charge is -2.12. The number of unbranched alkanes of at least 4 members (excludes halogenated alkanes) is 11. The smallest absolute Gasteiger partial charge is 0.257 e. The van der Waals surface area contributed by atoms with Gasteiger partial charge in [0.1, 0.15) is 23.1 Å². The van der Waals surface area contributed by atoms with E-state index in [1.165, 1.54) is 76.3 Å². The van der Waals surface area contributed by atoms with Crippen LogP contribution in [0.5, 0.6) is 11.5 Å². The maximum atomic E-state index is 12.3. The van der Waals surface area contributed by atoms with Gasteiger partial charge in [-0.1, -0.05) is 108 Å². The molecular weight excluding hydrogens is 496 g/mol. The molecule has 0 atom stereocenters. The largest absolute Gasteiger partial charge is 0.492 e. The van der Waals surface area contributed by atoms with Crippen LogP contribution in [0.3, 0.4) is 0 Å². The lowest BCUT2D eigenvalue weighted by Crippen LogP contribution is -2.40. The number of benzene rings is 1. The Kier molecular flexibility index (Phi) is 17.4. The lowest BCUT2D eigenvalue weighted by molar-refractivity contribution is -0.704. The molecule has 1 N–H and O–H groups in total.